The Morgan fingerprint density at radius 1 is 0.429 bits per heavy atom. The average Bonchev–Trinajstić information content (AvgIpc) is 2.98. The van der Waals surface area contributed by atoms with Crippen molar-refractivity contribution in [3.05, 3.63) is 0 Å². The normalized spacial score (nSPS) is 30.5. The van der Waals surface area contributed by atoms with Crippen molar-refractivity contribution in [2.75, 3.05) is 0 Å². The molecule has 0 aromatic heterocycles. The van der Waals surface area contributed by atoms with Crippen molar-refractivity contribution >= 4 is 17.8 Å². The molecule has 35 heavy (non-hydrogen) atoms. The Kier molecular flexibility index (Phi) is 12.4. The summed E-state index contributed by atoms with van der Waals surface area (Å²) in [5.74, 6) is -0.214. The van der Waals surface area contributed by atoms with Crippen molar-refractivity contribution in [3.8, 4) is 0 Å². The predicted molar refractivity (Wildman–Crippen MR) is 139 cm³/mol. The summed E-state index contributed by atoms with van der Waals surface area (Å²) in [6, 6.07) is 0.410. The van der Waals surface area contributed by atoms with Crippen LogP contribution >= 0.6 is 0 Å². The zero-order chi connectivity index (χ0) is 24.9. The molecule has 0 saturated heterocycles. The van der Waals surface area contributed by atoms with E-state index in [-0.39, 0.29) is 35.7 Å². The molecule has 0 aromatic carbocycles. The lowest BCUT2D eigenvalue weighted by molar-refractivity contribution is -0.142. The number of rotatable bonds is 5. The lowest BCUT2D eigenvalue weighted by Crippen LogP contribution is -2.40. The summed E-state index contributed by atoms with van der Waals surface area (Å²) in [5.41, 5.74) is 0. The SMILES string of the molecule is O=C(O)C1CCCC(NC(=O)C2CCCCC(NC(=O)C3CCCCCCCC3)CCCC2)CC1. The van der Waals surface area contributed by atoms with Gasteiger partial charge in [0.15, 0.2) is 0 Å². The van der Waals surface area contributed by atoms with Crippen molar-refractivity contribution in [1.29, 1.82) is 0 Å². The van der Waals surface area contributed by atoms with E-state index in [1.165, 1.54) is 38.5 Å². The van der Waals surface area contributed by atoms with Gasteiger partial charge in [-0.3, -0.25) is 14.4 Å². The maximum atomic E-state index is 13.0. The van der Waals surface area contributed by atoms with Crippen LogP contribution in [0.15, 0.2) is 0 Å². The van der Waals surface area contributed by atoms with E-state index in [4.69, 9.17) is 0 Å². The fourth-order valence-electron chi connectivity index (χ4n) is 6.48. The zero-order valence-electron chi connectivity index (χ0n) is 21.9. The van der Waals surface area contributed by atoms with Crippen LogP contribution in [0.5, 0.6) is 0 Å². The Labute approximate surface area is 212 Å². The molecular weight excluding hydrogens is 440 g/mol. The van der Waals surface area contributed by atoms with Crippen LogP contribution in [0, 0.1) is 17.8 Å². The van der Waals surface area contributed by atoms with Crippen LogP contribution in [-0.4, -0.2) is 35.0 Å². The van der Waals surface area contributed by atoms with Gasteiger partial charge in [-0.25, -0.2) is 0 Å². The van der Waals surface area contributed by atoms with Gasteiger partial charge in [-0.2, -0.15) is 0 Å². The average molecular weight is 491 g/mol. The van der Waals surface area contributed by atoms with Crippen LogP contribution in [0.4, 0.5) is 0 Å². The van der Waals surface area contributed by atoms with E-state index in [0.29, 0.717) is 12.3 Å². The first-order chi connectivity index (χ1) is 17.0. The number of carboxylic acids is 1. The molecule has 6 nitrogen and oxygen atoms in total. The quantitative estimate of drug-likeness (QED) is 0.404. The van der Waals surface area contributed by atoms with Gasteiger partial charge in [0.05, 0.1) is 5.92 Å². The molecule has 0 aliphatic heterocycles. The Morgan fingerprint density at radius 2 is 0.800 bits per heavy atom. The summed E-state index contributed by atoms with van der Waals surface area (Å²) in [6.07, 6.45) is 21.6. The van der Waals surface area contributed by atoms with Crippen LogP contribution in [0.2, 0.25) is 0 Å². The van der Waals surface area contributed by atoms with Crippen molar-refractivity contribution in [1.82, 2.24) is 10.6 Å². The highest BCUT2D eigenvalue weighted by Crippen LogP contribution is 2.27. The number of amides is 2. The smallest absolute Gasteiger partial charge is 0.306 e. The Balaban J connectivity index is 1.40. The molecule has 3 aliphatic carbocycles. The summed E-state index contributed by atoms with van der Waals surface area (Å²) >= 11 is 0. The van der Waals surface area contributed by atoms with E-state index in [2.05, 4.69) is 10.6 Å². The highest BCUT2D eigenvalue weighted by molar-refractivity contribution is 5.79. The van der Waals surface area contributed by atoms with E-state index in [1.54, 1.807) is 0 Å². The maximum Gasteiger partial charge on any atom is 0.306 e. The molecule has 0 bridgehead atoms. The van der Waals surface area contributed by atoms with E-state index >= 15 is 0 Å². The highest BCUT2D eigenvalue weighted by Gasteiger charge is 2.27. The van der Waals surface area contributed by atoms with Gasteiger partial charge in [0.1, 0.15) is 0 Å². The number of nitrogens with one attached hydrogen (secondary N) is 2. The van der Waals surface area contributed by atoms with Crippen molar-refractivity contribution < 1.29 is 19.5 Å². The largest absolute Gasteiger partial charge is 0.481 e. The third-order valence-electron chi connectivity index (χ3n) is 8.82. The number of carbonyl (C=O) groups is 3. The Hall–Kier alpha value is -1.59. The zero-order valence-corrected chi connectivity index (χ0v) is 21.9. The molecule has 3 N–H and O–H groups in total. The molecule has 0 spiro atoms. The second kappa shape index (κ2) is 15.5. The molecule has 3 aliphatic rings. The van der Waals surface area contributed by atoms with Crippen LogP contribution in [-0.2, 0) is 14.4 Å². The van der Waals surface area contributed by atoms with Crippen LogP contribution in [0.1, 0.15) is 135 Å². The van der Waals surface area contributed by atoms with Gasteiger partial charge < -0.3 is 15.7 Å². The minimum atomic E-state index is -0.695. The summed E-state index contributed by atoms with van der Waals surface area (Å²) in [4.78, 5) is 37.4. The molecule has 3 saturated carbocycles. The molecule has 200 valence electrons. The van der Waals surface area contributed by atoms with E-state index in [9.17, 15) is 19.5 Å². The van der Waals surface area contributed by atoms with Gasteiger partial charge in [0.25, 0.3) is 0 Å². The number of carbonyl (C=O) groups excluding carboxylic acids is 2. The molecular formula is C29H50N2O4. The molecule has 2 amide bonds. The van der Waals surface area contributed by atoms with Crippen LogP contribution < -0.4 is 10.6 Å². The fourth-order valence-corrected chi connectivity index (χ4v) is 6.48. The predicted octanol–water partition coefficient (Wildman–Crippen LogP) is 6.12. The first-order valence-corrected chi connectivity index (χ1v) is 14.9. The molecule has 3 rings (SSSR count). The van der Waals surface area contributed by atoms with E-state index in [0.717, 1.165) is 89.9 Å². The number of aliphatic carboxylic acids is 1. The standard InChI is InChI=1S/C29H50N2O4/c32-27(22-12-5-3-1-2-4-6-13-22)30-25-17-9-7-14-23(15-8-10-18-25)28(33)31-26-19-11-16-24(20-21-26)29(34)35/h22-26H,1-21H2,(H,30,32)(H,31,33)(H,34,35). The number of carboxylic acid groups (broad SMARTS) is 1. The highest BCUT2D eigenvalue weighted by atomic mass is 16.4. The number of hydrogen-bond acceptors (Lipinski definition) is 3. The molecule has 3 fully saturated rings. The molecule has 0 radical (unpaired) electrons. The third-order valence-corrected chi connectivity index (χ3v) is 8.82. The fraction of sp³-hybridized carbons (Fsp3) is 0.897. The molecule has 0 heterocycles. The summed E-state index contributed by atoms with van der Waals surface area (Å²) in [7, 11) is 0. The minimum absolute atomic E-state index is 0.0681. The Morgan fingerprint density at radius 3 is 1.31 bits per heavy atom. The monoisotopic (exact) mass is 490 g/mol. The van der Waals surface area contributed by atoms with Gasteiger partial charge in [-0.1, -0.05) is 70.6 Å². The topological polar surface area (TPSA) is 95.5 Å². The van der Waals surface area contributed by atoms with Crippen LogP contribution in [0.25, 0.3) is 0 Å². The summed E-state index contributed by atoms with van der Waals surface area (Å²) in [5, 5.41) is 16.0. The van der Waals surface area contributed by atoms with Gasteiger partial charge in [-0.15, -0.1) is 0 Å². The van der Waals surface area contributed by atoms with Crippen molar-refractivity contribution in [2.45, 2.75) is 147 Å². The van der Waals surface area contributed by atoms with Crippen molar-refractivity contribution in [3.63, 3.8) is 0 Å². The molecule has 0 aromatic rings. The summed E-state index contributed by atoms with van der Waals surface area (Å²) in [6.45, 7) is 0. The van der Waals surface area contributed by atoms with Crippen molar-refractivity contribution in [2.24, 2.45) is 17.8 Å². The minimum Gasteiger partial charge on any atom is -0.481 e. The third kappa shape index (κ3) is 10.1. The lowest BCUT2D eigenvalue weighted by Gasteiger charge is -2.26. The lowest BCUT2D eigenvalue weighted by atomic mass is 9.89. The maximum absolute atomic E-state index is 13.0. The molecule has 2 atom stereocenters. The second-order valence-electron chi connectivity index (χ2n) is 11.6. The Bertz CT molecular complexity index is 645. The molecule has 6 heteroatoms. The van der Waals surface area contributed by atoms with Gasteiger partial charge in [-0.05, 0) is 64.2 Å². The van der Waals surface area contributed by atoms with E-state index < -0.39 is 5.97 Å². The number of hydrogen-bond donors (Lipinski definition) is 3. The molecule has 2 unspecified atom stereocenters. The second-order valence-corrected chi connectivity index (χ2v) is 11.6. The first kappa shape index (κ1) is 28.0. The summed E-state index contributed by atoms with van der Waals surface area (Å²) < 4.78 is 0. The van der Waals surface area contributed by atoms with Gasteiger partial charge in [0.2, 0.25) is 11.8 Å². The van der Waals surface area contributed by atoms with E-state index in [1.807, 2.05) is 0 Å². The van der Waals surface area contributed by atoms with Gasteiger partial charge in [0, 0.05) is 23.9 Å². The first-order valence-electron chi connectivity index (χ1n) is 14.9. The van der Waals surface area contributed by atoms with Crippen LogP contribution in [0.3, 0.4) is 0 Å². The van der Waals surface area contributed by atoms with Gasteiger partial charge >= 0.3 is 5.97 Å².